The van der Waals surface area contributed by atoms with Gasteiger partial charge in [0.1, 0.15) is 5.65 Å². The van der Waals surface area contributed by atoms with Gasteiger partial charge >= 0.3 is 6.09 Å². The van der Waals surface area contributed by atoms with Gasteiger partial charge in [0.25, 0.3) is 0 Å². The number of carbonyl (C=O) groups excluding carboxylic acids is 1. The Morgan fingerprint density at radius 2 is 2.13 bits per heavy atom. The number of rotatable bonds is 3. The Morgan fingerprint density at radius 3 is 2.87 bits per heavy atom. The molecule has 4 heterocycles. The van der Waals surface area contributed by atoms with Gasteiger partial charge in [-0.15, -0.1) is 5.10 Å². The van der Waals surface area contributed by atoms with Gasteiger partial charge in [-0.05, 0) is 22.6 Å². The van der Waals surface area contributed by atoms with Crippen LogP contribution in [0.25, 0.3) is 39.1 Å². The lowest BCUT2D eigenvalue weighted by Gasteiger charge is -2.12. The number of aryl methyl sites for hydroxylation is 1. The highest BCUT2D eigenvalue weighted by atomic mass is 35.5. The van der Waals surface area contributed by atoms with Crippen LogP contribution in [0.5, 0.6) is 0 Å². The molecule has 0 unspecified atom stereocenters. The van der Waals surface area contributed by atoms with Crippen LogP contribution in [0.3, 0.4) is 0 Å². The minimum Gasteiger partial charge on any atom is -0.304 e. The van der Waals surface area contributed by atoms with E-state index in [0.717, 1.165) is 0 Å². The fraction of sp³-hybridized carbons (Fsp3) is 0.0588. The number of amides is 1. The van der Waals surface area contributed by atoms with Gasteiger partial charge in [0.05, 0.1) is 28.5 Å². The Kier molecular flexibility index (Phi) is 4.25. The third-order valence-corrected chi connectivity index (χ3v) is 5.03. The Balaban J connectivity index is 1.70. The molecule has 14 heteroatoms. The molecule has 0 fully saturated rings. The molecule has 0 spiro atoms. The van der Waals surface area contributed by atoms with Crippen molar-refractivity contribution in [1.82, 2.24) is 39.8 Å². The van der Waals surface area contributed by atoms with E-state index >= 15 is 4.39 Å². The van der Waals surface area contributed by atoms with Crippen molar-refractivity contribution in [1.29, 1.82) is 0 Å². The van der Waals surface area contributed by atoms with Crippen molar-refractivity contribution in [3.8, 4) is 22.5 Å². The van der Waals surface area contributed by atoms with E-state index in [1.165, 1.54) is 17.1 Å². The number of anilines is 1. The number of tetrazole rings is 1. The molecule has 5 aromatic rings. The number of aromatic amines is 1. The molecule has 5 rings (SSSR count). The molecule has 2 N–H and O–H groups in total. The number of nitrogens with zero attached hydrogens (tertiary/aromatic N) is 7. The molecule has 31 heavy (non-hydrogen) atoms. The molecular formula is C17H10ClF2N9O2. The SMILES string of the molecule is Cn1nnnc1-c1c(F)c(Cl)c(-c2ccc3nc(NC(=O)OF)cn3c2)c2cn[nH]c12. The number of nitrogens with one attached hydrogen (secondary N) is 2. The molecule has 0 aliphatic carbocycles. The Morgan fingerprint density at radius 1 is 1.29 bits per heavy atom. The maximum absolute atomic E-state index is 15.4. The van der Waals surface area contributed by atoms with Gasteiger partial charge in [0, 0.05) is 34.3 Å². The second-order valence-corrected chi connectivity index (χ2v) is 6.84. The molecule has 1 amide bonds. The quantitative estimate of drug-likeness (QED) is 0.436. The predicted molar refractivity (Wildman–Crippen MR) is 104 cm³/mol. The number of hydrogen-bond acceptors (Lipinski definition) is 7. The van der Waals surface area contributed by atoms with Crippen LogP contribution in [0.15, 0.2) is 30.7 Å². The van der Waals surface area contributed by atoms with Crippen LogP contribution >= 0.6 is 11.6 Å². The van der Waals surface area contributed by atoms with Crippen molar-refractivity contribution in [3.05, 3.63) is 41.6 Å². The number of imidazole rings is 1. The number of aromatic nitrogens is 8. The largest absolute Gasteiger partial charge is 0.450 e. The van der Waals surface area contributed by atoms with E-state index in [0.29, 0.717) is 27.7 Å². The van der Waals surface area contributed by atoms with Gasteiger partial charge in [-0.3, -0.25) is 10.4 Å². The summed E-state index contributed by atoms with van der Waals surface area (Å²) in [5, 5.41) is 20.5. The average molecular weight is 446 g/mol. The van der Waals surface area contributed by atoms with E-state index in [2.05, 4.69) is 41.0 Å². The summed E-state index contributed by atoms with van der Waals surface area (Å²) in [5.74, 6) is -0.471. The lowest BCUT2D eigenvalue weighted by molar-refractivity contribution is -0.0544. The first kappa shape index (κ1) is 18.9. The molecule has 156 valence electrons. The van der Waals surface area contributed by atoms with Crippen molar-refractivity contribution in [3.63, 3.8) is 0 Å². The van der Waals surface area contributed by atoms with Gasteiger partial charge in [0.2, 0.25) is 0 Å². The van der Waals surface area contributed by atoms with E-state index in [4.69, 9.17) is 11.6 Å². The van der Waals surface area contributed by atoms with Gasteiger partial charge in [-0.1, -0.05) is 11.6 Å². The molecule has 1 aromatic carbocycles. The van der Waals surface area contributed by atoms with E-state index in [1.54, 1.807) is 29.8 Å². The van der Waals surface area contributed by atoms with Gasteiger partial charge in [0.15, 0.2) is 17.5 Å². The highest BCUT2D eigenvalue weighted by Gasteiger charge is 2.25. The highest BCUT2D eigenvalue weighted by molar-refractivity contribution is 6.36. The zero-order valence-electron chi connectivity index (χ0n) is 15.5. The maximum atomic E-state index is 15.4. The summed E-state index contributed by atoms with van der Waals surface area (Å²) in [6, 6.07) is 3.30. The summed E-state index contributed by atoms with van der Waals surface area (Å²) < 4.78 is 30.2. The van der Waals surface area contributed by atoms with E-state index in [9.17, 15) is 9.32 Å². The van der Waals surface area contributed by atoms with Crippen LogP contribution < -0.4 is 5.32 Å². The first-order valence-corrected chi connectivity index (χ1v) is 9.01. The molecule has 0 bridgehead atoms. The lowest BCUT2D eigenvalue weighted by atomic mass is 9.99. The van der Waals surface area contributed by atoms with Crippen molar-refractivity contribution in [2.45, 2.75) is 0 Å². The van der Waals surface area contributed by atoms with Crippen LogP contribution in [0.4, 0.5) is 19.5 Å². The fourth-order valence-corrected chi connectivity index (χ4v) is 3.68. The average Bonchev–Trinajstić information content (AvgIpc) is 3.48. The first-order chi connectivity index (χ1) is 15.0. The molecule has 0 saturated heterocycles. The van der Waals surface area contributed by atoms with Crippen LogP contribution in [0.1, 0.15) is 0 Å². The zero-order chi connectivity index (χ0) is 21.7. The number of carbonyl (C=O) groups is 1. The van der Waals surface area contributed by atoms with Crippen molar-refractivity contribution in [2.75, 3.05) is 5.32 Å². The number of pyridine rings is 1. The molecular weight excluding hydrogens is 436 g/mol. The summed E-state index contributed by atoms with van der Waals surface area (Å²) in [6.07, 6.45) is 3.28. The van der Waals surface area contributed by atoms with Crippen LogP contribution in [-0.2, 0) is 12.0 Å². The van der Waals surface area contributed by atoms with E-state index in [1.807, 2.05) is 0 Å². The normalized spacial score (nSPS) is 11.4. The van der Waals surface area contributed by atoms with E-state index in [-0.39, 0.29) is 22.2 Å². The summed E-state index contributed by atoms with van der Waals surface area (Å²) in [7, 11) is 1.58. The molecule has 0 aliphatic heterocycles. The molecule has 0 saturated carbocycles. The second-order valence-electron chi connectivity index (χ2n) is 6.46. The third-order valence-electron chi connectivity index (χ3n) is 4.67. The van der Waals surface area contributed by atoms with Crippen LogP contribution in [0, 0.1) is 5.82 Å². The topological polar surface area (TPSA) is 128 Å². The van der Waals surface area contributed by atoms with Gasteiger partial charge in [-0.2, -0.15) is 5.10 Å². The molecule has 0 atom stereocenters. The van der Waals surface area contributed by atoms with Crippen molar-refractivity contribution in [2.24, 2.45) is 7.05 Å². The molecule has 4 aromatic heterocycles. The summed E-state index contributed by atoms with van der Waals surface area (Å²) in [6.45, 7) is 0. The molecule has 0 aliphatic rings. The second kappa shape index (κ2) is 6.98. The molecule has 11 nitrogen and oxygen atoms in total. The number of halogens is 3. The standard InChI is InChI=1S/C17H10ClF2N9O2/c1-28-16(25-26-27-28)12-14(19)13(18)11(8-4-21-24-15(8)12)7-2-3-10-22-9(6-29(10)5-7)23-17(30)31-20/h2-6H,1H3,(H,21,24)(H,23,30). The van der Waals surface area contributed by atoms with Crippen LogP contribution in [-0.4, -0.2) is 45.9 Å². The monoisotopic (exact) mass is 445 g/mol. The minimum atomic E-state index is -1.30. The Hall–Kier alpha value is -4.13. The minimum absolute atomic E-state index is 0.0654. The van der Waals surface area contributed by atoms with Gasteiger partial charge < -0.3 is 4.40 Å². The number of hydrogen-bond donors (Lipinski definition) is 2. The van der Waals surface area contributed by atoms with Gasteiger partial charge in [-0.25, -0.2) is 23.8 Å². The number of fused-ring (bicyclic) bond motifs is 2. The maximum Gasteiger partial charge on any atom is 0.450 e. The Bertz CT molecular complexity index is 1480. The summed E-state index contributed by atoms with van der Waals surface area (Å²) in [5.41, 5.74) is 1.83. The predicted octanol–water partition coefficient (Wildman–Crippen LogP) is 3.29. The highest BCUT2D eigenvalue weighted by Crippen LogP contribution is 2.42. The lowest BCUT2D eigenvalue weighted by Crippen LogP contribution is -2.09. The Labute approximate surface area is 175 Å². The van der Waals surface area contributed by atoms with Crippen molar-refractivity contribution < 1.29 is 18.7 Å². The number of H-pyrrole nitrogens is 1. The summed E-state index contributed by atoms with van der Waals surface area (Å²) >= 11 is 6.45. The molecule has 0 radical (unpaired) electrons. The fourth-order valence-electron chi connectivity index (χ4n) is 3.37. The third kappa shape index (κ3) is 2.93. The number of benzene rings is 1. The van der Waals surface area contributed by atoms with Crippen molar-refractivity contribution >= 4 is 40.1 Å². The van der Waals surface area contributed by atoms with Crippen LogP contribution in [0.2, 0.25) is 5.02 Å². The first-order valence-electron chi connectivity index (χ1n) is 8.63. The zero-order valence-corrected chi connectivity index (χ0v) is 16.2. The van der Waals surface area contributed by atoms with E-state index < -0.39 is 11.9 Å². The smallest absolute Gasteiger partial charge is 0.304 e. The summed E-state index contributed by atoms with van der Waals surface area (Å²) in [4.78, 5) is 18.3.